The van der Waals surface area contributed by atoms with Crippen LogP contribution in [0.5, 0.6) is 5.75 Å². The standard InChI is InChI=1S/C8H5Cl2NO5/c9-4-1-5(10)8(16-3-7(12)13)6(2-4)11(14)15/h1-2H,3H2,(H,12,13). The van der Waals surface area contributed by atoms with Crippen LogP contribution in [0.1, 0.15) is 0 Å². The van der Waals surface area contributed by atoms with Gasteiger partial charge in [0, 0.05) is 11.1 Å². The second-order valence-corrected chi connectivity index (χ2v) is 3.52. The van der Waals surface area contributed by atoms with Crippen LogP contribution in [0.2, 0.25) is 10.0 Å². The molecule has 0 fully saturated rings. The van der Waals surface area contributed by atoms with Gasteiger partial charge in [-0.25, -0.2) is 4.79 Å². The van der Waals surface area contributed by atoms with E-state index >= 15 is 0 Å². The fraction of sp³-hybridized carbons (Fsp3) is 0.125. The molecule has 1 aromatic rings. The van der Waals surface area contributed by atoms with Gasteiger partial charge < -0.3 is 9.84 Å². The van der Waals surface area contributed by atoms with Crippen molar-refractivity contribution in [2.75, 3.05) is 6.61 Å². The second kappa shape index (κ2) is 5.00. The maximum atomic E-state index is 10.6. The molecule has 0 spiro atoms. The Kier molecular flexibility index (Phi) is 3.92. The fourth-order valence-corrected chi connectivity index (χ4v) is 1.50. The van der Waals surface area contributed by atoms with E-state index in [1.807, 2.05) is 0 Å². The Morgan fingerprint density at radius 1 is 1.50 bits per heavy atom. The first-order valence-electron chi connectivity index (χ1n) is 3.90. The van der Waals surface area contributed by atoms with E-state index in [1.165, 1.54) is 6.07 Å². The van der Waals surface area contributed by atoms with Gasteiger partial charge in [-0.15, -0.1) is 0 Å². The summed E-state index contributed by atoms with van der Waals surface area (Å²) >= 11 is 11.2. The molecule has 0 aliphatic carbocycles. The molecule has 1 aromatic carbocycles. The summed E-state index contributed by atoms with van der Waals surface area (Å²) in [6.45, 7) is -0.720. The van der Waals surface area contributed by atoms with Crippen LogP contribution in [-0.4, -0.2) is 22.6 Å². The third-order valence-corrected chi connectivity index (χ3v) is 2.02. The summed E-state index contributed by atoms with van der Waals surface area (Å²) in [7, 11) is 0. The lowest BCUT2D eigenvalue weighted by atomic mass is 10.3. The Hall–Kier alpha value is -1.53. The molecular formula is C8H5Cl2NO5. The smallest absolute Gasteiger partial charge is 0.341 e. The van der Waals surface area contributed by atoms with Crippen LogP contribution in [0.15, 0.2) is 12.1 Å². The first-order valence-corrected chi connectivity index (χ1v) is 4.65. The van der Waals surface area contributed by atoms with Gasteiger partial charge in [-0.3, -0.25) is 10.1 Å². The van der Waals surface area contributed by atoms with Gasteiger partial charge in [0.25, 0.3) is 0 Å². The maximum absolute atomic E-state index is 10.6. The molecule has 0 bridgehead atoms. The Labute approximate surface area is 99.5 Å². The van der Waals surface area contributed by atoms with Crippen LogP contribution in [0.25, 0.3) is 0 Å². The van der Waals surface area contributed by atoms with Crippen LogP contribution in [0.4, 0.5) is 5.69 Å². The van der Waals surface area contributed by atoms with Crippen LogP contribution in [-0.2, 0) is 4.79 Å². The summed E-state index contributed by atoms with van der Waals surface area (Å²) in [5, 5.41) is 19.0. The summed E-state index contributed by atoms with van der Waals surface area (Å²) in [5.41, 5.74) is -0.473. The molecule has 86 valence electrons. The lowest BCUT2D eigenvalue weighted by Gasteiger charge is -2.06. The fourth-order valence-electron chi connectivity index (χ4n) is 0.959. The van der Waals surface area contributed by atoms with E-state index < -0.39 is 23.2 Å². The number of carbonyl (C=O) groups is 1. The molecule has 0 radical (unpaired) electrons. The first-order chi connectivity index (χ1) is 7.41. The zero-order valence-corrected chi connectivity index (χ0v) is 9.16. The number of aliphatic carboxylic acids is 1. The van der Waals surface area contributed by atoms with Crippen LogP contribution in [0.3, 0.4) is 0 Å². The van der Waals surface area contributed by atoms with E-state index in [1.54, 1.807) is 0 Å². The highest BCUT2D eigenvalue weighted by atomic mass is 35.5. The van der Waals surface area contributed by atoms with Crippen molar-refractivity contribution in [3.05, 3.63) is 32.3 Å². The number of rotatable bonds is 4. The van der Waals surface area contributed by atoms with E-state index in [0.717, 1.165) is 6.07 Å². The van der Waals surface area contributed by atoms with Gasteiger partial charge in [-0.2, -0.15) is 0 Å². The lowest BCUT2D eigenvalue weighted by molar-refractivity contribution is -0.385. The molecule has 8 heteroatoms. The Bertz CT molecular complexity index is 448. The van der Waals surface area contributed by atoms with E-state index in [0.29, 0.717) is 0 Å². The zero-order chi connectivity index (χ0) is 12.3. The summed E-state index contributed by atoms with van der Waals surface area (Å²) < 4.78 is 4.71. The number of hydrogen-bond acceptors (Lipinski definition) is 4. The molecule has 1 rings (SSSR count). The van der Waals surface area contributed by atoms with Crippen LogP contribution >= 0.6 is 23.2 Å². The molecule has 0 atom stereocenters. The molecule has 6 nitrogen and oxygen atoms in total. The number of carboxylic acids is 1. The van der Waals surface area contributed by atoms with Crippen molar-refractivity contribution in [3.63, 3.8) is 0 Å². The van der Waals surface area contributed by atoms with Crippen molar-refractivity contribution in [3.8, 4) is 5.75 Å². The van der Waals surface area contributed by atoms with Crippen LogP contribution in [0, 0.1) is 10.1 Å². The van der Waals surface area contributed by atoms with Crippen LogP contribution < -0.4 is 4.74 Å². The Balaban J connectivity index is 3.14. The maximum Gasteiger partial charge on any atom is 0.341 e. The van der Waals surface area contributed by atoms with E-state index in [9.17, 15) is 14.9 Å². The molecule has 0 saturated carbocycles. The molecule has 0 amide bonds. The Morgan fingerprint density at radius 3 is 2.62 bits per heavy atom. The average Bonchev–Trinajstić information content (AvgIpc) is 2.14. The van der Waals surface area contributed by atoms with Gasteiger partial charge in [-0.05, 0) is 6.07 Å². The highest BCUT2D eigenvalue weighted by molar-refractivity contribution is 6.36. The van der Waals surface area contributed by atoms with Crippen molar-refractivity contribution < 1.29 is 19.6 Å². The normalized spacial score (nSPS) is 9.88. The molecule has 0 aliphatic heterocycles. The molecule has 0 unspecified atom stereocenters. The molecular weight excluding hydrogens is 261 g/mol. The summed E-state index contributed by atoms with van der Waals surface area (Å²) in [6.07, 6.45) is 0. The van der Waals surface area contributed by atoms with Crippen molar-refractivity contribution in [2.24, 2.45) is 0 Å². The summed E-state index contributed by atoms with van der Waals surface area (Å²) in [4.78, 5) is 20.1. The van der Waals surface area contributed by atoms with Crippen molar-refractivity contribution in [1.29, 1.82) is 0 Å². The SMILES string of the molecule is O=C(O)COc1c(Cl)cc(Cl)cc1[N+](=O)[O-]. The number of benzene rings is 1. The van der Waals surface area contributed by atoms with Crippen molar-refractivity contribution >= 4 is 34.9 Å². The largest absolute Gasteiger partial charge is 0.479 e. The quantitative estimate of drug-likeness (QED) is 0.667. The predicted molar refractivity (Wildman–Crippen MR) is 56.2 cm³/mol. The highest BCUT2D eigenvalue weighted by Gasteiger charge is 2.20. The number of halogens is 2. The summed E-state index contributed by atoms with van der Waals surface area (Å²) in [6, 6.07) is 2.26. The minimum atomic E-state index is -1.26. The van der Waals surface area contributed by atoms with Gasteiger partial charge in [0.2, 0.25) is 5.75 Å². The minimum Gasteiger partial charge on any atom is -0.479 e. The Morgan fingerprint density at radius 2 is 2.12 bits per heavy atom. The third-order valence-electron chi connectivity index (χ3n) is 1.53. The highest BCUT2D eigenvalue weighted by Crippen LogP contribution is 2.37. The average molecular weight is 266 g/mol. The monoisotopic (exact) mass is 265 g/mol. The molecule has 0 heterocycles. The molecule has 16 heavy (non-hydrogen) atoms. The second-order valence-electron chi connectivity index (χ2n) is 2.68. The number of hydrogen-bond donors (Lipinski definition) is 1. The van der Waals surface area contributed by atoms with Crippen molar-refractivity contribution in [2.45, 2.75) is 0 Å². The van der Waals surface area contributed by atoms with E-state index in [2.05, 4.69) is 0 Å². The van der Waals surface area contributed by atoms with Crippen molar-refractivity contribution in [1.82, 2.24) is 0 Å². The molecule has 0 aliphatic rings. The first kappa shape index (κ1) is 12.5. The van der Waals surface area contributed by atoms with E-state index in [-0.39, 0.29) is 15.8 Å². The number of nitro groups is 1. The van der Waals surface area contributed by atoms with Gasteiger partial charge in [-0.1, -0.05) is 23.2 Å². The van der Waals surface area contributed by atoms with Gasteiger partial charge in [0.15, 0.2) is 6.61 Å². The zero-order valence-electron chi connectivity index (χ0n) is 7.65. The molecule has 0 aromatic heterocycles. The number of nitro benzene ring substituents is 1. The lowest BCUT2D eigenvalue weighted by Crippen LogP contribution is -2.10. The number of nitrogens with zero attached hydrogens (tertiary/aromatic N) is 1. The van der Waals surface area contributed by atoms with Gasteiger partial charge in [0.05, 0.1) is 9.95 Å². The van der Waals surface area contributed by atoms with Gasteiger partial charge >= 0.3 is 11.7 Å². The third kappa shape index (κ3) is 2.98. The number of ether oxygens (including phenoxy) is 1. The molecule has 0 saturated heterocycles. The predicted octanol–water partition coefficient (Wildman–Crippen LogP) is 2.37. The van der Waals surface area contributed by atoms with E-state index in [4.69, 9.17) is 33.0 Å². The minimum absolute atomic E-state index is 0.0689. The summed E-state index contributed by atoms with van der Waals surface area (Å²) in [5.74, 6) is -1.57. The van der Waals surface area contributed by atoms with Gasteiger partial charge in [0.1, 0.15) is 0 Å². The number of carboxylic acid groups (broad SMARTS) is 1. The topological polar surface area (TPSA) is 89.7 Å². The molecule has 1 N–H and O–H groups in total.